The first kappa shape index (κ1) is 14.1. The van der Waals surface area contributed by atoms with Crippen LogP contribution >= 0.6 is 23.2 Å². The number of nitrogens with zero attached hydrogens (tertiary/aromatic N) is 3. The maximum absolute atomic E-state index is 13.0. The van der Waals surface area contributed by atoms with E-state index < -0.39 is 11.9 Å². The lowest BCUT2D eigenvalue weighted by Gasteiger charge is -2.11. The molecular formula is C10H7Cl2F3N4. The minimum Gasteiger partial charge on any atom is -0.325 e. The second kappa shape index (κ2) is 4.99. The Labute approximate surface area is 115 Å². The van der Waals surface area contributed by atoms with Crippen molar-refractivity contribution in [2.45, 2.75) is 12.7 Å². The lowest BCUT2D eigenvalue weighted by atomic mass is 10.2. The summed E-state index contributed by atoms with van der Waals surface area (Å²) in [5.41, 5.74) is 3.98. The third kappa shape index (κ3) is 2.68. The van der Waals surface area contributed by atoms with Gasteiger partial charge in [-0.25, -0.2) is 4.68 Å². The molecular weight excluding hydrogens is 304 g/mol. The first-order chi connectivity index (χ1) is 8.84. The maximum Gasteiger partial charge on any atom is 0.435 e. The van der Waals surface area contributed by atoms with E-state index in [0.717, 1.165) is 0 Å². The van der Waals surface area contributed by atoms with Crippen molar-refractivity contribution in [1.29, 1.82) is 0 Å². The fourth-order valence-electron chi connectivity index (χ4n) is 1.53. The molecule has 2 rings (SSSR count). The molecule has 0 aliphatic rings. The number of nitrogens with two attached hydrogens (primary N) is 1. The number of rotatable bonds is 2. The van der Waals surface area contributed by atoms with Gasteiger partial charge < -0.3 is 5.73 Å². The fraction of sp³-hybridized carbons (Fsp3) is 0.200. The minimum atomic E-state index is -4.62. The summed E-state index contributed by atoms with van der Waals surface area (Å²) in [6.45, 7) is -0.365. The zero-order chi connectivity index (χ0) is 14.2. The third-order valence-corrected chi connectivity index (χ3v) is 3.09. The zero-order valence-corrected chi connectivity index (χ0v) is 10.8. The van der Waals surface area contributed by atoms with E-state index in [2.05, 4.69) is 10.3 Å². The summed E-state index contributed by atoms with van der Waals surface area (Å²) in [7, 11) is 0. The van der Waals surface area contributed by atoms with Gasteiger partial charge in [0.15, 0.2) is 5.69 Å². The summed E-state index contributed by atoms with van der Waals surface area (Å²) in [6.07, 6.45) is -4.62. The lowest BCUT2D eigenvalue weighted by molar-refractivity contribution is -0.143. The van der Waals surface area contributed by atoms with Gasteiger partial charge in [-0.3, -0.25) is 0 Å². The molecule has 0 saturated heterocycles. The van der Waals surface area contributed by atoms with E-state index in [1.807, 2.05) is 0 Å². The Morgan fingerprint density at radius 3 is 2.42 bits per heavy atom. The quantitative estimate of drug-likeness (QED) is 0.927. The summed E-state index contributed by atoms with van der Waals surface area (Å²) >= 11 is 11.5. The van der Waals surface area contributed by atoms with Crippen LogP contribution in [-0.2, 0) is 12.7 Å². The van der Waals surface area contributed by atoms with Crippen LogP contribution in [-0.4, -0.2) is 15.0 Å². The standard InChI is InChI=1S/C10H7Cl2F3N4/c11-6-2-1-5(3-7(6)12)19-9(10(13,14)15)8(4-16)17-18-19/h1-3H,4,16H2. The van der Waals surface area contributed by atoms with Gasteiger partial charge in [-0.1, -0.05) is 28.4 Å². The second-order valence-corrected chi connectivity index (χ2v) is 4.41. The molecule has 9 heteroatoms. The van der Waals surface area contributed by atoms with Crippen LogP contribution in [0.5, 0.6) is 0 Å². The Morgan fingerprint density at radius 1 is 1.21 bits per heavy atom. The Hall–Kier alpha value is -1.31. The van der Waals surface area contributed by atoms with Crippen LogP contribution in [0.3, 0.4) is 0 Å². The van der Waals surface area contributed by atoms with Crippen molar-refractivity contribution >= 4 is 23.2 Å². The van der Waals surface area contributed by atoms with E-state index in [4.69, 9.17) is 28.9 Å². The number of hydrogen-bond donors (Lipinski definition) is 1. The largest absolute Gasteiger partial charge is 0.435 e. The normalized spacial score (nSPS) is 11.9. The van der Waals surface area contributed by atoms with Gasteiger partial charge in [0.25, 0.3) is 0 Å². The predicted molar refractivity (Wildman–Crippen MR) is 64.3 cm³/mol. The summed E-state index contributed by atoms with van der Waals surface area (Å²) in [5, 5.41) is 7.24. The van der Waals surface area contributed by atoms with E-state index in [1.165, 1.54) is 18.2 Å². The highest BCUT2D eigenvalue weighted by Crippen LogP contribution is 2.33. The van der Waals surface area contributed by atoms with Crippen molar-refractivity contribution in [3.05, 3.63) is 39.6 Å². The number of alkyl halides is 3. The molecule has 2 N–H and O–H groups in total. The molecule has 1 aromatic carbocycles. The molecule has 0 unspecified atom stereocenters. The molecule has 0 aliphatic heterocycles. The number of benzene rings is 1. The van der Waals surface area contributed by atoms with Gasteiger partial charge in [0, 0.05) is 6.54 Å². The molecule has 0 bridgehead atoms. The van der Waals surface area contributed by atoms with Crippen LogP contribution in [0.1, 0.15) is 11.4 Å². The van der Waals surface area contributed by atoms with Crippen LogP contribution in [0.2, 0.25) is 10.0 Å². The Morgan fingerprint density at radius 2 is 1.89 bits per heavy atom. The average molecular weight is 311 g/mol. The minimum absolute atomic E-state index is 0.105. The van der Waals surface area contributed by atoms with Crippen molar-refractivity contribution in [2.75, 3.05) is 0 Å². The molecule has 19 heavy (non-hydrogen) atoms. The summed E-state index contributed by atoms with van der Waals surface area (Å²) in [5.74, 6) is 0. The highest BCUT2D eigenvalue weighted by molar-refractivity contribution is 6.42. The first-order valence-corrected chi connectivity index (χ1v) is 5.77. The van der Waals surface area contributed by atoms with Crippen LogP contribution in [0.25, 0.3) is 5.69 Å². The van der Waals surface area contributed by atoms with Gasteiger partial charge >= 0.3 is 6.18 Å². The Balaban J connectivity index is 2.62. The molecule has 0 atom stereocenters. The van der Waals surface area contributed by atoms with Crippen molar-refractivity contribution < 1.29 is 13.2 Å². The van der Waals surface area contributed by atoms with Gasteiger partial charge in [-0.05, 0) is 18.2 Å². The van der Waals surface area contributed by atoms with Crippen molar-refractivity contribution in [3.8, 4) is 5.69 Å². The number of halogens is 5. The molecule has 1 aromatic heterocycles. The molecule has 0 saturated carbocycles. The molecule has 0 aliphatic carbocycles. The summed E-state index contributed by atoms with van der Waals surface area (Å²) < 4.78 is 39.6. The zero-order valence-electron chi connectivity index (χ0n) is 9.25. The van der Waals surface area contributed by atoms with Crippen molar-refractivity contribution in [2.24, 2.45) is 5.73 Å². The van der Waals surface area contributed by atoms with Gasteiger partial charge in [0.05, 0.1) is 15.7 Å². The maximum atomic E-state index is 13.0. The number of aromatic nitrogens is 3. The smallest absolute Gasteiger partial charge is 0.325 e. The Bertz CT molecular complexity index is 609. The molecule has 4 nitrogen and oxygen atoms in total. The topological polar surface area (TPSA) is 56.7 Å². The third-order valence-electron chi connectivity index (χ3n) is 2.35. The van der Waals surface area contributed by atoms with Gasteiger partial charge in [0.1, 0.15) is 5.69 Å². The van der Waals surface area contributed by atoms with Gasteiger partial charge in [-0.2, -0.15) is 13.2 Å². The molecule has 102 valence electrons. The van der Waals surface area contributed by atoms with Crippen LogP contribution < -0.4 is 5.73 Å². The molecule has 2 aromatic rings. The SMILES string of the molecule is NCc1nnn(-c2ccc(Cl)c(Cl)c2)c1C(F)(F)F. The van der Waals surface area contributed by atoms with Gasteiger partial charge in [0.2, 0.25) is 0 Å². The second-order valence-electron chi connectivity index (χ2n) is 3.60. The molecule has 0 radical (unpaired) electrons. The predicted octanol–water partition coefficient (Wildman–Crippen LogP) is 3.05. The summed E-state index contributed by atoms with van der Waals surface area (Å²) in [4.78, 5) is 0. The highest BCUT2D eigenvalue weighted by Gasteiger charge is 2.39. The van der Waals surface area contributed by atoms with E-state index >= 15 is 0 Å². The van der Waals surface area contributed by atoms with Gasteiger partial charge in [-0.15, -0.1) is 5.10 Å². The first-order valence-electron chi connectivity index (χ1n) is 5.02. The monoisotopic (exact) mass is 310 g/mol. The van der Waals surface area contributed by atoms with Crippen molar-refractivity contribution in [3.63, 3.8) is 0 Å². The van der Waals surface area contributed by atoms with Crippen molar-refractivity contribution in [1.82, 2.24) is 15.0 Å². The highest BCUT2D eigenvalue weighted by atomic mass is 35.5. The van der Waals surface area contributed by atoms with Crippen LogP contribution in [0.15, 0.2) is 18.2 Å². The molecule has 0 fully saturated rings. The average Bonchev–Trinajstić information content (AvgIpc) is 2.76. The fourth-order valence-corrected chi connectivity index (χ4v) is 1.82. The molecule has 0 spiro atoms. The van der Waals surface area contributed by atoms with E-state index in [-0.39, 0.29) is 28.0 Å². The lowest BCUT2D eigenvalue weighted by Crippen LogP contribution is -2.16. The number of hydrogen-bond acceptors (Lipinski definition) is 3. The Kier molecular flexibility index (Phi) is 3.71. The molecule has 1 heterocycles. The van der Waals surface area contributed by atoms with Crippen LogP contribution in [0.4, 0.5) is 13.2 Å². The molecule has 0 amide bonds. The van der Waals surface area contributed by atoms with E-state index in [9.17, 15) is 13.2 Å². The van der Waals surface area contributed by atoms with E-state index in [1.54, 1.807) is 0 Å². The van der Waals surface area contributed by atoms with Crippen LogP contribution in [0, 0.1) is 0 Å². The summed E-state index contributed by atoms with van der Waals surface area (Å²) in [6, 6.07) is 4.01. The van der Waals surface area contributed by atoms with E-state index in [0.29, 0.717) is 4.68 Å².